The molecule has 35 heavy (non-hydrogen) atoms. The number of rotatable bonds is 16. The molecule has 3 N–H and O–H groups in total. The largest absolute Gasteiger partial charge is 0.481 e. The van der Waals surface area contributed by atoms with Gasteiger partial charge >= 0.3 is 5.97 Å². The van der Waals surface area contributed by atoms with Crippen molar-refractivity contribution in [3.05, 3.63) is 71.8 Å². The van der Waals surface area contributed by atoms with Gasteiger partial charge in [-0.15, -0.1) is 0 Å². The van der Waals surface area contributed by atoms with Gasteiger partial charge < -0.3 is 15.3 Å². The molecule has 0 aromatic heterocycles. The molecule has 4 nitrogen and oxygen atoms in total. The fraction of sp³-hybridized carbons (Fsp3) is 0.581. The molecule has 4 heteroatoms. The Bertz CT molecular complexity index is 868. The Kier molecular flexibility index (Phi) is 11.5. The zero-order valence-corrected chi connectivity index (χ0v) is 22.1. The molecular formula is C31H46O4. The summed E-state index contributed by atoms with van der Waals surface area (Å²) in [5.41, 5.74) is 1.82. The van der Waals surface area contributed by atoms with Gasteiger partial charge in [-0.1, -0.05) is 114 Å². The van der Waals surface area contributed by atoms with Crippen LogP contribution in [-0.4, -0.2) is 34.0 Å². The maximum Gasteiger partial charge on any atom is 0.307 e. The minimum atomic E-state index is -0.769. The summed E-state index contributed by atoms with van der Waals surface area (Å²) < 4.78 is 0. The molecular weight excluding hydrogens is 436 g/mol. The maximum atomic E-state index is 11.8. The van der Waals surface area contributed by atoms with Crippen LogP contribution in [0.4, 0.5) is 0 Å². The molecule has 5 unspecified atom stereocenters. The third kappa shape index (κ3) is 7.91. The number of hydrogen-bond acceptors (Lipinski definition) is 3. The van der Waals surface area contributed by atoms with E-state index in [0.29, 0.717) is 0 Å². The van der Waals surface area contributed by atoms with Gasteiger partial charge in [-0.05, 0) is 48.1 Å². The van der Waals surface area contributed by atoms with Crippen LogP contribution in [0.1, 0.15) is 90.2 Å². The van der Waals surface area contributed by atoms with Crippen molar-refractivity contribution in [2.24, 2.45) is 11.8 Å². The van der Waals surface area contributed by atoms with Gasteiger partial charge in [0.05, 0.1) is 12.0 Å². The summed E-state index contributed by atoms with van der Waals surface area (Å²) in [6.45, 7) is 8.36. The molecule has 0 aliphatic heterocycles. The molecule has 0 radical (unpaired) electrons. The Morgan fingerprint density at radius 2 is 1.20 bits per heavy atom. The van der Waals surface area contributed by atoms with E-state index < -0.39 is 17.3 Å². The van der Waals surface area contributed by atoms with E-state index in [2.05, 4.69) is 45.0 Å². The van der Waals surface area contributed by atoms with Crippen molar-refractivity contribution in [2.45, 2.75) is 96.0 Å². The number of benzene rings is 2. The normalized spacial score (nSPS) is 17.7. The summed E-state index contributed by atoms with van der Waals surface area (Å²) in [6, 6.07) is 20.4. The molecule has 0 saturated heterocycles. The lowest BCUT2D eigenvalue weighted by molar-refractivity contribution is -0.143. The van der Waals surface area contributed by atoms with Crippen molar-refractivity contribution >= 4 is 5.97 Å². The molecule has 0 saturated carbocycles. The van der Waals surface area contributed by atoms with E-state index >= 15 is 0 Å². The first kappa shape index (κ1) is 29.1. The van der Waals surface area contributed by atoms with E-state index in [1.807, 2.05) is 36.4 Å². The van der Waals surface area contributed by atoms with E-state index in [-0.39, 0.29) is 24.0 Å². The average Bonchev–Trinajstić information content (AvgIpc) is 2.88. The number of unbranched alkanes of at least 4 members (excludes halogenated alkanes) is 2. The molecule has 0 heterocycles. The van der Waals surface area contributed by atoms with Crippen molar-refractivity contribution in [3.63, 3.8) is 0 Å². The molecule has 0 aliphatic carbocycles. The fourth-order valence-corrected chi connectivity index (χ4v) is 5.29. The van der Waals surface area contributed by atoms with Gasteiger partial charge in [-0.25, -0.2) is 0 Å². The second kappa shape index (κ2) is 13.8. The van der Waals surface area contributed by atoms with Gasteiger partial charge in [0.25, 0.3) is 0 Å². The highest BCUT2D eigenvalue weighted by Gasteiger charge is 2.37. The van der Waals surface area contributed by atoms with Crippen LogP contribution in [0.3, 0.4) is 0 Å². The Labute approximate surface area is 212 Å². The molecule has 0 spiro atoms. The second-order valence-electron chi connectivity index (χ2n) is 10.9. The van der Waals surface area contributed by atoms with Crippen LogP contribution < -0.4 is 0 Å². The molecule has 194 valence electrons. The third-order valence-electron chi connectivity index (χ3n) is 8.52. The predicted octanol–water partition coefficient (Wildman–Crippen LogP) is 6.73. The average molecular weight is 483 g/mol. The summed E-state index contributed by atoms with van der Waals surface area (Å²) in [7, 11) is 0. The summed E-state index contributed by atoms with van der Waals surface area (Å²) in [6.07, 6.45) is 6.70. The Hall–Kier alpha value is -2.17. The minimum absolute atomic E-state index is 0.0797. The van der Waals surface area contributed by atoms with Crippen molar-refractivity contribution in [3.8, 4) is 0 Å². The van der Waals surface area contributed by atoms with Gasteiger partial charge in [-0.2, -0.15) is 0 Å². The number of carbonyl (C=O) groups is 1. The molecule has 2 rings (SSSR count). The zero-order chi connectivity index (χ0) is 25.9. The van der Waals surface area contributed by atoms with Crippen LogP contribution in [0.2, 0.25) is 0 Å². The molecule has 0 fully saturated rings. The number of carboxylic acid groups (broad SMARTS) is 1. The van der Waals surface area contributed by atoms with E-state index in [0.717, 1.165) is 56.9 Å². The number of carboxylic acids is 1. The highest BCUT2D eigenvalue weighted by molar-refractivity contribution is 5.72. The van der Waals surface area contributed by atoms with Crippen LogP contribution in [0.15, 0.2) is 60.7 Å². The summed E-state index contributed by atoms with van der Waals surface area (Å²) in [5.74, 6) is -1.08. The Morgan fingerprint density at radius 1 is 0.771 bits per heavy atom. The van der Waals surface area contributed by atoms with Gasteiger partial charge in [0.2, 0.25) is 0 Å². The first-order valence-corrected chi connectivity index (χ1v) is 13.3. The van der Waals surface area contributed by atoms with Crippen molar-refractivity contribution in [2.75, 3.05) is 6.61 Å². The molecule has 0 bridgehead atoms. The van der Waals surface area contributed by atoms with Crippen molar-refractivity contribution in [1.82, 2.24) is 0 Å². The van der Waals surface area contributed by atoms with E-state index in [1.165, 1.54) is 5.56 Å². The monoisotopic (exact) mass is 482 g/mol. The second-order valence-corrected chi connectivity index (χ2v) is 10.9. The van der Waals surface area contributed by atoms with Gasteiger partial charge in [0, 0.05) is 12.0 Å². The summed E-state index contributed by atoms with van der Waals surface area (Å²) in [5, 5.41) is 30.0. The topological polar surface area (TPSA) is 77.8 Å². The standard InChI is InChI=1S/C31H46O4/c1-24(23-32)30(3,26-15-7-5-8-16-26)21-13-11-19-28(33)20-12-14-22-31(4,25(2)29(34)35)27-17-9-6-10-18-27/h5-10,15-18,24-25,28,32-33H,11-14,19-23H2,1-4H3,(H,34,35). The van der Waals surface area contributed by atoms with Gasteiger partial charge in [0.15, 0.2) is 0 Å². The molecule has 5 atom stereocenters. The van der Waals surface area contributed by atoms with Crippen molar-refractivity contribution < 1.29 is 20.1 Å². The van der Waals surface area contributed by atoms with Crippen LogP contribution >= 0.6 is 0 Å². The Balaban J connectivity index is 1.80. The Morgan fingerprint density at radius 3 is 1.63 bits per heavy atom. The third-order valence-corrected chi connectivity index (χ3v) is 8.52. The minimum Gasteiger partial charge on any atom is -0.481 e. The highest BCUT2D eigenvalue weighted by Crippen LogP contribution is 2.38. The molecule has 2 aromatic carbocycles. The van der Waals surface area contributed by atoms with Crippen LogP contribution in [0, 0.1) is 11.8 Å². The summed E-state index contributed by atoms with van der Waals surface area (Å²) in [4.78, 5) is 11.8. The molecule has 0 amide bonds. The maximum absolute atomic E-state index is 11.8. The number of aliphatic carboxylic acids is 1. The molecule has 2 aromatic rings. The van der Waals surface area contributed by atoms with E-state index in [1.54, 1.807) is 6.92 Å². The van der Waals surface area contributed by atoms with Gasteiger partial charge in [0.1, 0.15) is 0 Å². The van der Waals surface area contributed by atoms with Crippen LogP contribution in [0.25, 0.3) is 0 Å². The predicted molar refractivity (Wildman–Crippen MR) is 144 cm³/mol. The SMILES string of the molecule is CC(CO)C(C)(CCCCC(O)CCCCC(C)(c1ccccc1)C(C)C(=O)O)c1ccccc1. The van der Waals surface area contributed by atoms with Crippen LogP contribution in [0.5, 0.6) is 0 Å². The van der Waals surface area contributed by atoms with Crippen molar-refractivity contribution in [1.29, 1.82) is 0 Å². The lowest BCUT2D eigenvalue weighted by Crippen LogP contribution is -2.35. The fourth-order valence-electron chi connectivity index (χ4n) is 5.29. The van der Waals surface area contributed by atoms with Crippen LogP contribution in [-0.2, 0) is 15.6 Å². The zero-order valence-electron chi connectivity index (χ0n) is 22.1. The first-order valence-electron chi connectivity index (χ1n) is 13.3. The lowest BCUT2D eigenvalue weighted by Gasteiger charge is -2.36. The number of aliphatic hydroxyl groups is 2. The smallest absolute Gasteiger partial charge is 0.307 e. The quantitative estimate of drug-likeness (QED) is 0.232. The van der Waals surface area contributed by atoms with E-state index in [9.17, 15) is 20.1 Å². The lowest BCUT2D eigenvalue weighted by atomic mass is 9.69. The number of hydrogen-bond donors (Lipinski definition) is 3. The highest BCUT2D eigenvalue weighted by atomic mass is 16.4. The van der Waals surface area contributed by atoms with Gasteiger partial charge in [-0.3, -0.25) is 4.79 Å². The molecule has 0 aliphatic rings. The van der Waals surface area contributed by atoms with E-state index in [4.69, 9.17) is 0 Å². The number of aliphatic hydroxyl groups excluding tert-OH is 2. The summed E-state index contributed by atoms with van der Waals surface area (Å²) >= 11 is 0. The first-order chi connectivity index (χ1) is 16.6.